The fourth-order valence-electron chi connectivity index (χ4n) is 2.94. The number of aliphatic hydroxyl groups is 1. The monoisotopic (exact) mass is 239 g/mol. The van der Waals surface area contributed by atoms with Gasteiger partial charge in [-0.3, -0.25) is 0 Å². The van der Waals surface area contributed by atoms with Crippen LogP contribution in [0.4, 0.5) is 0 Å². The van der Waals surface area contributed by atoms with Gasteiger partial charge < -0.3 is 10.4 Å². The summed E-state index contributed by atoms with van der Waals surface area (Å²) in [5, 5.41) is 13.4. The molecule has 2 nitrogen and oxygen atoms in total. The predicted molar refractivity (Wildman–Crippen MR) is 73.7 cm³/mol. The smallest absolute Gasteiger partial charge is 0.0773 e. The Kier molecular flexibility index (Phi) is 2.90. The molecule has 0 saturated heterocycles. The van der Waals surface area contributed by atoms with Crippen molar-refractivity contribution in [2.45, 2.75) is 12.0 Å². The van der Waals surface area contributed by atoms with Gasteiger partial charge in [0.15, 0.2) is 0 Å². The zero-order valence-corrected chi connectivity index (χ0v) is 10.4. The molecule has 92 valence electrons. The lowest BCUT2D eigenvalue weighted by Crippen LogP contribution is -2.29. The molecule has 1 unspecified atom stereocenters. The third kappa shape index (κ3) is 1.65. The number of rotatable bonds is 3. The number of hydrogen-bond donors (Lipinski definition) is 2. The molecule has 0 heterocycles. The molecule has 0 aromatic heterocycles. The Morgan fingerprint density at radius 3 is 2.00 bits per heavy atom. The van der Waals surface area contributed by atoms with E-state index in [0.717, 1.165) is 0 Å². The average molecular weight is 239 g/mol. The van der Waals surface area contributed by atoms with Gasteiger partial charge in [-0.25, -0.2) is 0 Å². The molecule has 2 N–H and O–H groups in total. The van der Waals surface area contributed by atoms with Crippen LogP contribution >= 0.6 is 0 Å². The molecule has 0 aliphatic heterocycles. The molecule has 2 aromatic carbocycles. The summed E-state index contributed by atoms with van der Waals surface area (Å²) < 4.78 is 0. The second-order valence-corrected chi connectivity index (χ2v) is 4.78. The maximum atomic E-state index is 10.4. The first-order chi connectivity index (χ1) is 8.83. The number of aliphatic hydroxyl groups excluding tert-OH is 1. The number of likely N-dealkylation sites (N-methyl/N-ethyl adjacent to an activating group) is 1. The van der Waals surface area contributed by atoms with Crippen molar-refractivity contribution < 1.29 is 5.11 Å². The molecule has 2 heteroatoms. The summed E-state index contributed by atoms with van der Waals surface area (Å²) in [5.41, 5.74) is 4.99. The Hall–Kier alpha value is -1.64. The fraction of sp³-hybridized carbons (Fsp3) is 0.250. The van der Waals surface area contributed by atoms with Crippen LogP contribution in [-0.4, -0.2) is 24.8 Å². The van der Waals surface area contributed by atoms with E-state index < -0.39 is 0 Å². The van der Waals surface area contributed by atoms with E-state index in [0.29, 0.717) is 6.54 Å². The summed E-state index contributed by atoms with van der Waals surface area (Å²) in [4.78, 5) is 0. The van der Waals surface area contributed by atoms with Gasteiger partial charge in [0.1, 0.15) is 0 Å². The van der Waals surface area contributed by atoms with Crippen molar-refractivity contribution in [1.82, 2.24) is 5.32 Å². The van der Waals surface area contributed by atoms with Gasteiger partial charge in [-0.05, 0) is 29.3 Å². The van der Waals surface area contributed by atoms with Gasteiger partial charge in [-0.1, -0.05) is 48.5 Å². The van der Waals surface area contributed by atoms with E-state index in [4.69, 9.17) is 0 Å². The molecule has 2 aromatic rings. The van der Waals surface area contributed by atoms with Crippen molar-refractivity contribution >= 4 is 0 Å². The molecule has 0 spiro atoms. The number of fused-ring (bicyclic) bond motifs is 3. The van der Waals surface area contributed by atoms with Crippen LogP contribution in [-0.2, 0) is 0 Å². The van der Waals surface area contributed by atoms with Gasteiger partial charge in [-0.15, -0.1) is 0 Å². The van der Waals surface area contributed by atoms with E-state index in [-0.39, 0.29) is 12.0 Å². The first-order valence-corrected chi connectivity index (χ1v) is 6.34. The average Bonchev–Trinajstić information content (AvgIpc) is 2.73. The van der Waals surface area contributed by atoms with Crippen molar-refractivity contribution in [3.63, 3.8) is 0 Å². The van der Waals surface area contributed by atoms with Crippen LogP contribution in [0.2, 0.25) is 0 Å². The van der Waals surface area contributed by atoms with Gasteiger partial charge >= 0.3 is 0 Å². The van der Waals surface area contributed by atoms with Gasteiger partial charge in [0.05, 0.1) is 6.10 Å². The van der Waals surface area contributed by atoms with Crippen molar-refractivity contribution in [3.8, 4) is 11.1 Å². The fourth-order valence-corrected chi connectivity index (χ4v) is 2.94. The Morgan fingerprint density at radius 2 is 1.50 bits per heavy atom. The molecule has 0 amide bonds. The molecule has 1 aliphatic carbocycles. The summed E-state index contributed by atoms with van der Waals surface area (Å²) >= 11 is 0. The Balaban J connectivity index is 2.14. The Morgan fingerprint density at radius 1 is 1.00 bits per heavy atom. The number of hydrogen-bond acceptors (Lipinski definition) is 2. The van der Waals surface area contributed by atoms with E-state index in [1.807, 2.05) is 19.2 Å². The van der Waals surface area contributed by atoms with Crippen LogP contribution in [0.25, 0.3) is 11.1 Å². The van der Waals surface area contributed by atoms with E-state index >= 15 is 0 Å². The summed E-state index contributed by atoms with van der Waals surface area (Å²) in [5.74, 6) is 0.0878. The molecular weight excluding hydrogens is 222 g/mol. The van der Waals surface area contributed by atoms with Gasteiger partial charge in [0.25, 0.3) is 0 Å². The van der Waals surface area contributed by atoms with Gasteiger partial charge in [0.2, 0.25) is 0 Å². The lowest BCUT2D eigenvalue weighted by molar-refractivity contribution is 0.158. The molecule has 1 aliphatic rings. The molecule has 0 fully saturated rings. The van der Waals surface area contributed by atoms with E-state index in [1.54, 1.807) is 0 Å². The Bertz CT molecular complexity index is 519. The summed E-state index contributed by atoms with van der Waals surface area (Å²) in [7, 11) is 1.87. The molecule has 1 atom stereocenters. The van der Waals surface area contributed by atoms with E-state index in [1.165, 1.54) is 22.3 Å². The second-order valence-electron chi connectivity index (χ2n) is 4.78. The molecule has 0 radical (unpaired) electrons. The van der Waals surface area contributed by atoms with Crippen LogP contribution in [0.15, 0.2) is 48.5 Å². The minimum absolute atomic E-state index is 0.0878. The first kappa shape index (κ1) is 11.5. The quantitative estimate of drug-likeness (QED) is 0.862. The highest BCUT2D eigenvalue weighted by Crippen LogP contribution is 2.45. The maximum Gasteiger partial charge on any atom is 0.0773 e. The largest absolute Gasteiger partial charge is 0.391 e. The highest BCUT2D eigenvalue weighted by molar-refractivity contribution is 5.79. The van der Waals surface area contributed by atoms with Crippen LogP contribution in [0.3, 0.4) is 0 Å². The molecular formula is C16H17NO. The van der Waals surface area contributed by atoms with Crippen molar-refractivity contribution in [2.24, 2.45) is 0 Å². The second kappa shape index (κ2) is 4.56. The van der Waals surface area contributed by atoms with Crippen LogP contribution in [0.1, 0.15) is 17.0 Å². The minimum atomic E-state index is -0.389. The van der Waals surface area contributed by atoms with Crippen LogP contribution in [0, 0.1) is 0 Å². The van der Waals surface area contributed by atoms with Crippen molar-refractivity contribution in [2.75, 3.05) is 13.6 Å². The third-order valence-electron chi connectivity index (χ3n) is 3.68. The van der Waals surface area contributed by atoms with Crippen molar-refractivity contribution in [3.05, 3.63) is 59.7 Å². The highest BCUT2D eigenvalue weighted by Gasteiger charge is 2.32. The molecule has 0 bridgehead atoms. The minimum Gasteiger partial charge on any atom is -0.391 e. The molecule has 0 saturated carbocycles. The SMILES string of the molecule is CNCC(O)C1c2ccccc2-c2ccccc21. The summed E-state index contributed by atoms with van der Waals surface area (Å²) in [6.45, 7) is 0.604. The summed E-state index contributed by atoms with van der Waals surface area (Å²) in [6.07, 6.45) is -0.389. The number of benzene rings is 2. The normalized spacial score (nSPS) is 15.2. The zero-order chi connectivity index (χ0) is 12.5. The topological polar surface area (TPSA) is 32.3 Å². The van der Waals surface area contributed by atoms with Crippen LogP contribution < -0.4 is 5.32 Å². The highest BCUT2D eigenvalue weighted by atomic mass is 16.3. The number of nitrogens with one attached hydrogen (secondary N) is 1. The maximum absolute atomic E-state index is 10.4. The summed E-state index contributed by atoms with van der Waals surface area (Å²) in [6, 6.07) is 16.7. The standard InChI is InChI=1S/C16H17NO/c1-17-10-15(18)16-13-8-4-2-6-11(13)12-7-3-5-9-14(12)16/h2-9,15-18H,10H2,1H3. The lowest BCUT2D eigenvalue weighted by atomic mass is 9.91. The zero-order valence-electron chi connectivity index (χ0n) is 10.4. The predicted octanol–water partition coefficient (Wildman–Crippen LogP) is 2.38. The van der Waals surface area contributed by atoms with Gasteiger partial charge in [-0.2, -0.15) is 0 Å². The van der Waals surface area contributed by atoms with Crippen molar-refractivity contribution in [1.29, 1.82) is 0 Å². The molecule has 3 rings (SSSR count). The van der Waals surface area contributed by atoms with E-state index in [2.05, 4.69) is 41.7 Å². The third-order valence-corrected chi connectivity index (χ3v) is 3.68. The molecule has 18 heavy (non-hydrogen) atoms. The van der Waals surface area contributed by atoms with Crippen LogP contribution in [0.5, 0.6) is 0 Å². The van der Waals surface area contributed by atoms with E-state index in [9.17, 15) is 5.11 Å². The first-order valence-electron chi connectivity index (χ1n) is 6.34. The Labute approximate surface area is 107 Å². The van der Waals surface area contributed by atoms with Gasteiger partial charge in [0, 0.05) is 12.5 Å². The lowest BCUT2D eigenvalue weighted by Gasteiger charge is -2.20.